The molecule has 0 saturated heterocycles. The molecule has 0 heterocycles. The summed E-state index contributed by atoms with van der Waals surface area (Å²) in [5, 5.41) is 0. The lowest BCUT2D eigenvalue weighted by Crippen LogP contribution is -2.36. The summed E-state index contributed by atoms with van der Waals surface area (Å²) < 4.78 is 18.8. The van der Waals surface area contributed by atoms with Gasteiger partial charge in [0.15, 0.2) is 11.6 Å². The zero-order valence-electron chi connectivity index (χ0n) is 12.6. The van der Waals surface area contributed by atoms with Gasteiger partial charge in [-0.25, -0.2) is 4.39 Å². The van der Waals surface area contributed by atoms with Gasteiger partial charge in [0.25, 0.3) is 0 Å². The molecule has 20 heavy (non-hydrogen) atoms. The van der Waals surface area contributed by atoms with Crippen molar-refractivity contribution in [3.8, 4) is 5.75 Å². The average molecular weight is 279 g/mol. The second kappa shape index (κ2) is 6.57. The second-order valence-corrected chi connectivity index (χ2v) is 6.20. The predicted molar refractivity (Wildman–Crippen MR) is 80.4 cm³/mol. The highest BCUT2D eigenvalue weighted by atomic mass is 19.1. The molecule has 0 atom stereocenters. The lowest BCUT2D eigenvalue weighted by molar-refractivity contribution is 0.153. The Balaban J connectivity index is 2.08. The Hall–Kier alpha value is -1.09. The van der Waals surface area contributed by atoms with E-state index in [1.165, 1.54) is 26.4 Å². The number of methoxy groups -OCH3 is 1. The Morgan fingerprint density at radius 2 is 2.05 bits per heavy atom. The van der Waals surface area contributed by atoms with E-state index < -0.39 is 0 Å². The van der Waals surface area contributed by atoms with Crippen LogP contribution in [0.25, 0.3) is 0 Å². The van der Waals surface area contributed by atoms with E-state index in [0.717, 1.165) is 30.7 Å². The van der Waals surface area contributed by atoms with Gasteiger partial charge in [-0.2, -0.15) is 0 Å². The maximum atomic E-state index is 13.8. The van der Waals surface area contributed by atoms with E-state index in [1.807, 2.05) is 6.07 Å². The molecule has 3 heteroatoms. The number of hydrogen-bond acceptors (Lipinski definition) is 2. The van der Waals surface area contributed by atoms with Gasteiger partial charge >= 0.3 is 0 Å². The van der Waals surface area contributed by atoms with Gasteiger partial charge in [-0.3, -0.25) is 0 Å². The summed E-state index contributed by atoms with van der Waals surface area (Å²) in [6, 6.07) is 5.28. The highest BCUT2D eigenvalue weighted by Gasteiger charge is 2.33. The standard InChI is InChI=1S/C17H26FNO/c1-3-13-6-8-17(12-19,9-7-13)11-14-4-5-16(20-2)15(18)10-14/h4-5,10,13H,3,6-9,11-12,19H2,1-2H3. The zero-order chi connectivity index (χ0) is 14.6. The van der Waals surface area contributed by atoms with Gasteiger partial charge in [-0.1, -0.05) is 19.4 Å². The summed E-state index contributed by atoms with van der Waals surface area (Å²) in [6.45, 7) is 2.95. The molecule has 1 fully saturated rings. The molecule has 0 aliphatic heterocycles. The summed E-state index contributed by atoms with van der Waals surface area (Å²) in [6.07, 6.45) is 6.97. The number of hydrogen-bond donors (Lipinski definition) is 1. The van der Waals surface area contributed by atoms with Crippen molar-refractivity contribution in [3.63, 3.8) is 0 Å². The molecule has 0 aromatic heterocycles. The SMILES string of the molecule is CCC1CCC(CN)(Cc2ccc(OC)c(F)c2)CC1. The normalized spacial score (nSPS) is 26.5. The number of ether oxygens (including phenoxy) is 1. The van der Waals surface area contributed by atoms with Gasteiger partial charge in [0.05, 0.1) is 7.11 Å². The van der Waals surface area contributed by atoms with Crippen molar-refractivity contribution in [1.82, 2.24) is 0 Å². The van der Waals surface area contributed by atoms with E-state index >= 15 is 0 Å². The Morgan fingerprint density at radius 1 is 1.35 bits per heavy atom. The summed E-state index contributed by atoms with van der Waals surface area (Å²) in [7, 11) is 1.49. The maximum absolute atomic E-state index is 13.8. The summed E-state index contributed by atoms with van der Waals surface area (Å²) in [4.78, 5) is 0. The Kier molecular flexibility index (Phi) is 5.03. The van der Waals surface area contributed by atoms with E-state index in [0.29, 0.717) is 12.3 Å². The van der Waals surface area contributed by atoms with Crippen molar-refractivity contribution in [2.75, 3.05) is 13.7 Å². The molecule has 1 aromatic carbocycles. The first kappa shape index (κ1) is 15.3. The number of halogens is 1. The average Bonchev–Trinajstić information content (AvgIpc) is 2.48. The van der Waals surface area contributed by atoms with Crippen LogP contribution in [0.15, 0.2) is 18.2 Å². The molecule has 1 aliphatic carbocycles. The van der Waals surface area contributed by atoms with Crippen LogP contribution in [-0.2, 0) is 6.42 Å². The van der Waals surface area contributed by atoms with E-state index in [4.69, 9.17) is 10.5 Å². The minimum atomic E-state index is -0.278. The lowest BCUT2D eigenvalue weighted by Gasteiger charge is -2.39. The van der Waals surface area contributed by atoms with Crippen molar-refractivity contribution in [2.24, 2.45) is 17.1 Å². The van der Waals surface area contributed by atoms with E-state index in [2.05, 4.69) is 6.92 Å². The smallest absolute Gasteiger partial charge is 0.165 e. The molecule has 2 nitrogen and oxygen atoms in total. The topological polar surface area (TPSA) is 35.2 Å². The molecule has 0 spiro atoms. The van der Waals surface area contributed by atoms with Crippen LogP contribution >= 0.6 is 0 Å². The van der Waals surface area contributed by atoms with E-state index in [-0.39, 0.29) is 11.2 Å². The van der Waals surface area contributed by atoms with E-state index in [9.17, 15) is 4.39 Å². The first-order valence-electron chi connectivity index (χ1n) is 7.65. The minimum absolute atomic E-state index is 0.159. The van der Waals surface area contributed by atoms with Crippen LogP contribution in [0.1, 0.15) is 44.6 Å². The van der Waals surface area contributed by atoms with Crippen molar-refractivity contribution in [1.29, 1.82) is 0 Å². The van der Waals surface area contributed by atoms with Crippen LogP contribution in [0.2, 0.25) is 0 Å². The fourth-order valence-corrected chi connectivity index (χ4v) is 3.40. The largest absolute Gasteiger partial charge is 0.494 e. The number of rotatable bonds is 5. The fraction of sp³-hybridized carbons (Fsp3) is 0.647. The van der Waals surface area contributed by atoms with Gasteiger partial charge in [0.1, 0.15) is 0 Å². The summed E-state index contributed by atoms with van der Waals surface area (Å²) in [5.74, 6) is 0.881. The number of benzene rings is 1. The van der Waals surface area contributed by atoms with Crippen LogP contribution in [0.5, 0.6) is 5.75 Å². The summed E-state index contributed by atoms with van der Waals surface area (Å²) >= 11 is 0. The first-order chi connectivity index (χ1) is 9.62. The van der Waals surface area contributed by atoms with Crippen LogP contribution in [-0.4, -0.2) is 13.7 Å². The van der Waals surface area contributed by atoms with Gasteiger partial charge < -0.3 is 10.5 Å². The zero-order valence-corrected chi connectivity index (χ0v) is 12.6. The molecule has 0 bridgehead atoms. The van der Waals surface area contributed by atoms with Crippen molar-refractivity contribution >= 4 is 0 Å². The first-order valence-corrected chi connectivity index (χ1v) is 7.65. The van der Waals surface area contributed by atoms with Crippen LogP contribution < -0.4 is 10.5 Å². The second-order valence-electron chi connectivity index (χ2n) is 6.20. The molecule has 1 aliphatic rings. The third-order valence-electron chi connectivity index (χ3n) is 4.97. The minimum Gasteiger partial charge on any atom is -0.494 e. The van der Waals surface area contributed by atoms with Gasteiger partial charge in [0.2, 0.25) is 0 Å². The lowest BCUT2D eigenvalue weighted by atomic mass is 9.67. The Morgan fingerprint density at radius 3 is 2.55 bits per heavy atom. The highest BCUT2D eigenvalue weighted by molar-refractivity contribution is 5.30. The van der Waals surface area contributed by atoms with Crippen molar-refractivity contribution in [3.05, 3.63) is 29.6 Å². The van der Waals surface area contributed by atoms with Crippen LogP contribution in [0.4, 0.5) is 4.39 Å². The van der Waals surface area contributed by atoms with E-state index in [1.54, 1.807) is 12.1 Å². The van der Waals surface area contributed by atoms with Crippen molar-refractivity contribution < 1.29 is 9.13 Å². The molecule has 0 amide bonds. The van der Waals surface area contributed by atoms with Gasteiger partial charge in [0, 0.05) is 0 Å². The number of nitrogens with two attached hydrogens (primary N) is 1. The Bertz CT molecular complexity index is 439. The predicted octanol–water partition coefficient (Wildman–Crippen LogP) is 3.92. The molecular weight excluding hydrogens is 253 g/mol. The molecular formula is C17H26FNO. The monoisotopic (exact) mass is 279 g/mol. The maximum Gasteiger partial charge on any atom is 0.165 e. The Labute approximate surface area is 121 Å². The molecule has 2 rings (SSSR count). The van der Waals surface area contributed by atoms with Crippen LogP contribution in [0.3, 0.4) is 0 Å². The van der Waals surface area contributed by atoms with Crippen molar-refractivity contribution in [2.45, 2.75) is 45.4 Å². The molecule has 1 saturated carbocycles. The third kappa shape index (κ3) is 3.32. The highest BCUT2D eigenvalue weighted by Crippen LogP contribution is 2.42. The molecule has 0 unspecified atom stereocenters. The quantitative estimate of drug-likeness (QED) is 0.886. The molecule has 1 aromatic rings. The van der Waals surface area contributed by atoms with Gasteiger partial charge in [-0.05, 0) is 67.7 Å². The molecule has 112 valence electrons. The summed E-state index contributed by atoms with van der Waals surface area (Å²) in [5.41, 5.74) is 7.24. The third-order valence-corrected chi connectivity index (χ3v) is 4.97. The van der Waals surface area contributed by atoms with Gasteiger partial charge in [-0.15, -0.1) is 0 Å². The molecule has 2 N–H and O–H groups in total. The van der Waals surface area contributed by atoms with Crippen LogP contribution in [0, 0.1) is 17.2 Å². The fourth-order valence-electron chi connectivity index (χ4n) is 3.40. The molecule has 0 radical (unpaired) electrons.